The molecule has 1 fully saturated rings. The summed E-state index contributed by atoms with van der Waals surface area (Å²) in [5.41, 5.74) is 3.97. The highest BCUT2D eigenvalue weighted by atomic mass is 16.1. The highest BCUT2D eigenvalue weighted by Gasteiger charge is 2.51. The number of Topliss-reactive ketones (excluding diaryl/α,β-unsaturated/α-hetero) is 1. The fourth-order valence-corrected chi connectivity index (χ4v) is 4.63. The van der Waals surface area contributed by atoms with E-state index in [1.807, 2.05) is 0 Å². The van der Waals surface area contributed by atoms with Gasteiger partial charge in [0.2, 0.25) is 0 Å². The van der Waals surface area contributed by atoms with E-state index in [-0.39, 0.29) is 5.41 Å². The van der Waals surface area contributed by atoms with Crippen LogP contribution in [0, 0.1) is 11.8 Å². The number of rotatable bonds is 1. The van der Waals surface area contributed by atoms with Gasteiger partial charge < -0.3 is 0 Å². The third-order valence-corrected chi connectivity index (χ3v) is 5.64. The Morgan fingerprint density at radius 3 is 2.89 bits per heavy atom. The summed E-state index contributed by atoms with van der Waals surface area (Å²) in [5, 5.41) is 0. The standard InChI is InChI=1S/C18H20O/c1-2-12-4-6-16-15(10-12)17(19)7-8-18(16)11-13-3-5-14(18)9-13/h3-6,10,13-14H,2,7-9,11H2,1H3. The van der Waals surface area contributed by atoms with Crippen LogP contribution >= 0.6 is 0 Å². The van der Waals surface area contributed by atoms with Crippen molar-refractivity contribution in [3.63, 3.8) is 0 Å². The Morgan fingerprint density at radius 1 is 1.32 bits per heavy atom. The molecule has 1 heteroatoms. The maximum Gasteiger partial charge on any atom is 0.163 e. The summed E-state index contributed by atoms with van der Waals surface area (Å²) in [7, 11) is 0. The lowest BCUT2D eigenvalue weighted by molar-refractivity contribution is 0.0944. The molecule has 3 unspecified atom stereocenters. The van der Waals surface area contributed by atoms with Crippen molar-refractivity contribution in [3.8, 4) is 0 Å². The minimum absolute atomic E-state index is 0.287. The summed E-state index contributed by atoms with van der Waals surface area (Å²) in [5.74, 6) is 1.80. The van der Waals surface area contributed by atoms with Crippen molar-refractivity contribution in [2.24, 2.45) is 11.8 Å². The third-order valence-electron chi connectivity index (χ3n) is 5.64. The number of aryl methyl sites for hydroxylation is 1. The molecule has 1 aromatic rings. The lowest BCUT2D eigenvalue weighted by Gasteiger charge is -2.40. The first-order valence-corrected chi connectivity index (χ1v) is 7.58. The third kappa shape index (κ3) is 1.45. The lowest BCUT2D eigenvalue weighted by atomic mass is 9.62. The van der Waals surface area contributed by atoms with Gasteiger partial charge in [0, 0.05) is 17.4 Å². The van der Waals surface area contributed by atoms with Gasteiger partial charge in [-0.2, -0.15) is 0 Å². The van der Waals surface area contributed by atoms with Gasteiger partial charge in [-0.3, -0.25) is 4.79 Å². The zero-order valence-corrected chi connectivity index (χ0v) is 11.5. The molecule has 0 aliphatic heterocycles. The van der Waals surface area contributed by atoms with Gasteiger partial charge in [0.05, 0.1) is 0 Å². The van der Waals surface area contributed by atoms with E-state index in [0.29, 0.717) is 11.7 Å². The number of carbonyl (C=O) groups is 1. The molecule has 1 nitrogen and oxygen atoms in total. The van der Waals surface area contributed by atoms with Crippen molar-refractivity contribution >= 4 is 5.78 Å². The number of hydrogen-bond donors (Lipinski definition) is 0. The molecule has 19 heavy (non-hydrogen) atoms. The van der Waals surface area contributed by atoms with E-state index < -0.39 is 0 Å². The molecule has 0 amide bonds. The average molecular weight is 252 g/mol. The number of hydrogen-bond acceptors (Lipinski definition) is 1. The summed E-state index contributed by atoms with van der Waals surface area (Å²) >= 11 is 0. The van der Waals surface area contributed by atoms with Crippen molar-refractivity contribution in [2.45, 2.75) is 44.4 Å². The molecular formula is C18H20O. The second-order valence-corrected chi connectivity index (χ2v) is 6.50. The first-order chi connectivity index (χ1) is 9.23. The van der Waals surface area contributed by atoms with Gasteiger partial charge in [0.15, 0.2) is 5.78 Å². The zero-order valence-electron chi connectivity index (χ0n) is 11.5. The van der Waals surface area contributed by atoms with Crippen LogP contribution in [0.3, 0.4) is 0 Å². The largest absolute Gasteiger partial charge is 0.294 e. The van der Waals surface area contributed by atoms with E-state index in [1.54, 1.807) is 0 Å². The molecule has 3 aliphatic carbocycles. The highest BCUT2D eigenvalue weighted by molar-refractivity contribution is 5.99. The normalized spacial score (nSPS) is 35.1. The molecule has 3 atom stereocenters. The van der Waals surface area contributed by atoms with Crippen molar-refractivity contribution in [2.75, 3.05) is 0 Å². The van der Waals surface area contributed by atoms with Crippen LogP contribution in [-0.4, -0.2) is 5.78 Å². The van der Waals surface area contributed by atoms with Crippen LogP contribution in [0.2, 0.25) is 0 Å². The zero-order chi connectivity index (χ0) is 13.0. The second kappa shape index (κ2) is 3.82. The lowest BCUT2D eigenvalue weighted by Crippen LogP contribution is -2.37. The predicted octanol–water partition coefficient (Wildman–Crippen LogP) is 4.06. The fourth-order valence-electron chi connectivity index (χ4n) is 4.63. The van der Waals surface area contributed by atoms with Gasteiger partial charge in [0.25, 0.3) is 0 Å². The summed E-state index contributed by atoms with van der Waals surface area (Å²) in [6, 6.07) is 6.66. The molecule has 2 bridgehead atoms. The van der Waals surface area contributed by atoms with Gasteiger partial charge in [-0.25, -0.2) is 0 Å². The minimum Gasteiger partial charge on any atom is -0.294 e. The van der Waals surface area contributed by atoms with Crippen molar-refractivity contribution in [1.29, 1.82) is 0 Å². The van der Waals surface area contributed by atoms with Crippen molar-refractivity contribution in [1.82, 2.24) is 0 Å². The molecule has 0 radical (unpaired) electrons. The van der Waals surface area contributed by atoms with Gasteiger partial charge in [-0.1, -0.05) is 31.2 Å². The van der Waals surface area contributed by atoms with E-state index in [1.165, 1.54) is 24.0 Å². The molecule has 3 aliphatic rings. The molecule has 0 N–H and O–H groups in total. The molecule has 98 valence electrons. The second-order valence-electron chi connectivity index (χ2n) is 6.50. The summed E-state index contributed by atoms with van der Waals surface area (Å²) < 4.78 is 0. The monoisotopic (exact) mass is 252 g/mol. The van der Waals surface area contributed by atoms with Crippen molar-refractivity contribution < 1.29 is 4.79 Å². The Labute approximate surface area is 114 Å². The van der Waals surface area contributed by atoms with E-state index in [2.05, 4.69) is 37.3 Å². The fraction of sp³-hybridized carbons (Fsp3) is 0.500. The van der Waals surface area contributed by atoms with Crippen LogP contribution in [0.4, 0.5) is 0 Å². The predicted molar refractivity (Wildman–Crippen MR) is 76.4 cm³/mol. The van der Waals surface area contributed by atoms with Gasteiger partial charge in [-0.05, 0) is 54.7 Å². The Bertz CT molecular complexity index is 583. The smallest absolute Gasteiger partial charge is 0.163 e. The highest BCUT2D eigenvalue weighted by Crippen LogP contribution is 2.58. The Kier molecular flexibility index (Phi) is 2.30. The van der Waals surface area contributed by atoms with E-state index in [0.717, 1.165) is 30.7 Å². The van der Waals surface area contributed by atoms with Crippen LogP contribution in [0.1, 0.15) is 54.1 Å². The van der Waals surface area contributed by atoms with E-state index in [4.69, 9.17) is 0 Å². The number of ketones is 1. The molecule has 1 spiro atoms. The quantitative estimate of drug-likeness (QED) is 0.689. The first-order valence-electron chi connectivity index (χ1n) is 7.58. The van der Waals surface area contributed by atoms with Crippen LogP contribution < -0.4 is 0 Å². The first kappa shape index (κ1) is 11.5. The Morgan fingerprint density at radius 2 is 2.21 bits per heavy atom. The van der Waals surface area contributed by atoms with Crippen LogP contribution in [0.25, 0.3) is 0 Å². The summed E-state index contributed by atoms with van der Waals surface area (Å²) in [6.45, 7) is 2.16. The topological polar surface area (TPSA) is 17.1 Å². The number of benzene rings is 1. The van der Waals surface area contributed by atoms with Crippen LogP contribution in [0.15, 0.2) is 30.4 Å². The maximum absolute atomic E-state index is 12.3. The minimum atomic E-state index is 0.287. The van der Waals surface area contributed by atoms with Gasteiger partial charge in [0.1, 0.15) is 0 Å². The van der Waals surface area contributed by atoms with E-state index >= 15 is 0 Å². The maximum atomic E-state index is 12.3. The van der Waals surface area contributed by atoms with Crippen LogP contribution in [-0.2, 0) is 11.8 Å². The molecule has 0 heterocycles. The summed E-state index contributed by atoms with van der Waals surface area (Å²) in [6.07, 6.45) is 10.2. The average Bonchev–Trinajstić information content (AvgIpc) is 3.04. The molecule has 1 aromatic carbocycles. The Hall–Kier alpha value is -1.37. The molecule has 0 aromatic heterocycles. The molecule has 0 saturated heterocycles. The number of fused-ring (bicyclic) bond motifs is 5. The summed E-state index contributed by atoms with van der Waals surface area (Å²) in [4.78, 5) is 12.3. The molecule has 1 saturated carbocycles. The van der Waals surface area contributed by atoms with Gasteiger partial charge >= 0.3 is 0 Å². The van der Waals surface area contributed by atoms with E-state index in [9.17, 15) is 4.79 Å². The number of allylic oxidation sites excluding steroid dienone is 2. The Balaban J connectivity index is 1.88. The molecular weight excluding hydrogens is 232 g/mol. The number of carbonyl (C=O) groups excluding carboxylic acids is 1. The van der Waals surface area contributed by atoms with Crippen LogP contribution in [0.5, 0.6) is 0 Å². The van der Waals surface area contributed by atoms with Crippen molar-refractivity contribution in [3.05, 3.63) is 47.0 Å². The van der Waals surface area contributed by atoms with Gasteiger partial charge in [-0.15, -0.1) is 0 Å². The molecule has 4 rings (SSSR count). The SMILES string of the molecule is CCc1ccc2c(c1)C(=O)CCC21CC2C=CC1C2.